The normalized spacial score (nSPS) is 17.3. The van der Waals surface area contributed by atoms with Crippen molar-refractivity contribution in [3.05, 3.63) is 56.8 Å². The fourth-order valence-electron chi connectivity index (χ4n) is 3.53. The Morgan fingerprint density at radius 1 is 1.26 bits per heavy atom. The van der Waals surface area contributed by atoms with E-state index in [9.17, 15) is 4.79 Å². The zero-order valence-electron chi connectivity index (χ0n) is 13.4. The fraction of sp³-hybridized carbons (Fsp3) is 0.444. The Morgan fingerprint density at radius 2 is 2.13 bits per heavy atom. The lowest BCUT2D eigenvalue weighted by Gasteiger charge is -2.19. The van der Waals surface area contributed by atoms with Crippen molar-refractivity contribution in [2.75, 3.05) is 19.7 Å². The van der Waals surface area contributed by atoms with Gasteiger partial charge in [0, 0.05) is 38.0 Å². The average Bonchev–Trinajstić information content (AvgIpc) is 2.89. The van der Waals surface area contributed by atoms with Gasteiger partial charge in [-0.15, -0.1) is 0 Å². The van der Waals surface area contributed by atoms with E-state index in [0.29, 0.717) is 5.82 Å². The Morgan fingerprint density at radius 3 is 3.04 bits per heavy atom. The molecule has 0 amide bonds. The first-order valence-electron chi connectivity index (χ1n) is 8.25. The Bertz CT molecular complexity index is 797. The molecule has 2 aromatic rings. The van der Waals surface area contributed by atoms with Crippen LogP contribution in [0.1, 0.15) is 28.2 Å². The molecule has 0 unspecified atom stereocenters. The second kappa shape index (κ2) is 5.81. The summed E-state index contributed by atoms with van der Waals surface area (Å²) in [4.78, 5) is 21.9. The molecular weight excluding hydrogens is 290 g/mol. The third-order valence-electron chi connectivity index (χ3n) is 4.72. The molecule has 2 aliphatic rings. The first-order valence-corrected chi connectivity index (χ1v) is 8.25. The molecule has 0 saturated heterocycles. The van der Waals surface area contributed by atoms with Crippen molar-refractivity contribution < 1.29 is 4.74 Å². The third-order valence-corrected chi connectivity index (χ3v) is 4.72. The quantitative estimate of drug-likeness (QED) is 0.915. The lowest BCUT2D eigenvalue weighted by Crippen LogP contribution is -2.26. The number of nitrogens with one attached hydrogen (secondary N) is 1. The van der Waals surface area contributed by atoms with Crippen LogP contribution in [0, 0.1) is 6.92 Å². The molecule has 0 saturated carbocycles. The van der Waals surface area contributed by atoms with E-state index in [2.05, 4.69) is 33.1 Å². The molecule has 0 aliphatic carbocycles. The van der Waals surface area contributed by atoms with E-state index in [4.69, 9.17) is 4.74 Å². The van der Waals surface area contributed by atoms with Gasteiger partial charge in [0.15, 0.2) is 0 Å². The van der Waals surface area contributed by atoms with Crippen molar-refractivity contribution >= 4 is 0 Å². The predicted octanol–water partition coefficient (Wildman–Crippen LogP) is 1.61. The van der Waals surface area contributed by atoms with Crippen molar-refractivity contribution in [1.82, 2.24) is 14.9 Å². The minimum atomic E-state index is 0.0315. The lowest BCUT2D eigenvalue weighted by molar-refractivity contribution is 0.278. The highest BCUT2D eigenvalue weighted by Gasteiger charge is 2.19. The standard InChI is InChI=1S/C18H21N3O2/c1-12-19-16-5-8-21(7-4-15(16)18(22)20-12)11-13-2-3-17-14(10-13)6-9-23-17/h2-3,10H,4-9,11H2,1H3,(H,19,20,22). The second-order valence-electron chi connectivity index (χ2n) is 6.39. The van der Waals surface area contributed by atoms with E-state index in [-0.39, 0.29) is 5.56 Å². The van der Waals surface area contributed by atoms with Gasteiger partial charge >= 0.3 is 0 Å². The molecule has 0 radical (unpaired) electrons. The van der Waals surface area contributed by atoms with E-state index in [1.54, 1.807) is 0 Å². The van der Waals surface area contributed by atoms with Gasteiger partial charge < -0.3 is 9.72 Å². The van der Waals surface area contributed by atoms with Crippen LogP contribution < -0.4 is 10.3 Å². The maximum absolute atomic E-state index is 12.1. The predicted molar refractivity (Wildman–Crippen MR) is 87.9 cm³/mol. The SMILES string of the molecule is Cc1nc2c(c(=O)[nH]1)CCN(Cc1ccc3c(c1)CCO3)CC2. The Kier molecular flexibility index (Phi) is 3.65. The summed E-state index contributed by atoms with van der Waals surface area (Å²) in [6.07, 6.45) is 2.62. The zero-order valence-corrected chi connectivity index (χ0v) is 13.4. The summed E-state index contributed by atoms with van der Waals surface area (Å²) in [7, 11) is 0. The molecule has 5 nitrogen and oxygen atoms in total. The van der Waals surface area contributed by atoms with Gasteiger partial charge in [0.25, 0.3) is 5.56 Å². The Hall–Kier alpha value is -2.14. The number of hydrogen-bond acceptors (Lipinski definition) is 4. The van der Waals surface area contributed by atoms with Gasteiger partial charge in [-0.3, -0.25) is 9.69 Å². The van der Waals surface area contributed by atoms with Gasteiger partial charge in [-0.05, 0) is 30.5 Å². The molecule has 1 aromatic carbocycles. The number of aromatic amines is 1. The van der Waals surface area contributed by atoms with E-state index in [0.717, 1.165) is 62.5 Å². The van der Waals surface area contributed by atoms with Crippen LogP contribution in [0.5, 0.6) is 5.75 Å². The van der Waals surface area contributed by atoms with Crippen LogP contribution in [0.25, 0.3) is 0 Å². The number of fused-ring (bicyclic) bond motifs is 2. The number of ether oxygens (including phenoxy) is 1. The molecule has 1 aromatic heterocycles. The van der Waals surface area contributed by atoms with E-state index in [1.807, 2.05) is 6.92 Å². The van der Waals surface area contributed by atoms with Gasteiger partial charge in [0.05, 0.1) is 12.3 Å². The minimum Gasteiger partial charge on any atom is -0.493 e. The molecular formula is C18H21N3O2. The van der Waals surface area contributed by atoms with Gasteiger partial charge in [-0.2, -0.15) is 0 Å². The van der Waals surface area contributed by atoms with Crippen LogP contribution in [-0.4, -0.2) is 34.6 Å². The molecule has 2 aliphatic heterocycles. The molecule has 0 spiro atoms. The maximum atomic E-state index is 12.1. The summed E-state index contributed by atoms with van der Waals surface area (Å²) >= 11 is 0. The molecule has 120 valence electrons. The van der Waals surface area contributed by atoms with Crippen LogP contribution >= 0.6 is 0 Å². The minimum absolute atomic E-state index is 0.0315. The van der Waals surface area contributed by atoms with Crippen LogP contribution in [0.3, 0.4) is 0 Å². The number of hydrogen-bond donors (Lipinski definition) is 1. The topological polar surface area (TPSA) is 58.2 Å². The third kappa shape index (κ3) is 2.88. The molecule has 0 fully saturated rings. The molecule has 4 rings (SSSR count). The Balaban J connectivity index is 1.50. The van der Waals surface area contributed by atoms with Crippen molar-refractivity contribution in [1.29, 1.82) is 0 Å². The van der Waals surface area contributed by atoms with Crippen molar-refractivity contribution in [2.24, 2.45) is 0 Å². The highest BCUT2D eigenvalue weighted by atomic mass is 16.5. The molecule has 3 heterocycles. The molecule has 0 bridgehead atoms. The first-order chi connectivity index (χ1) is 11.2. The van der Waals surface area contributed by atoms with Crippen molar-refractivity contribution in [3.63, 3.8) is 0 Å². The van der Waals surface area contributed by atoms with Crippen LogP contribution in [0.4, 0.5) is 0 Å². The maximum Gasteiger partial charge on any atom is 0.254 e. The Labute approximate surface area is 135 Å². The average molecular weight is 311 g/mol. The fourth-order valence-corrected chi connectivity index (χ4v) is 3.53. The summed E-state index contributed by atoms with van der Waals surface area (Å²) in [5, 5.41) is 0. The van der Waals surface area contributed by atoms with E-state index < -0.39 is 0 Å². The zero-order chi connectivity index (χ0) is 15.8. The number of aromatic nitrogens is 2. The van der Waals surface area contributed by atoms with Crippen molar-refractivity contribution in [3.8, 4) is 5.75 Å². The largest absolute Gasteiger partial charge is 0.493 e. The number of H-pyrrole nitrogens is 1. The van der Waals surface area contributed by atoms with Crippen molar-refractivity contribution in [2.45, 2.75) is 32.7 Å². The number of aryl methyl sites for hydroxylation is 1. The lowest BCUT2D eigenvalue weighted by atomic mass is 10.1. The monoisotopic (exact) mass is 311 g/mol. The van der Waals surface area contributed by atoms with E-state index in [1.165, 1.54) is 11.1 Å². The summed E-state index contributed by atoms with van der Waals surface area (Å²) < 4.78 is 5.57. The first kappa shape index (κ1) is 14.5. The van der Waals surface area contributed by atoms with Gasteiger partial charge in [0.1, 0.15) is 11.6 Å². The van der Waals surface area contributed by atoms with Gasteiger partial charge in [0.2, 0.25) is 0 Å². The number of rotatable bonds is 2. The van der Waals surface area contributed by atoms with Crippen LogP contribution in [-0.2, 0) is 25.8 Å². The molecule has 5 heteroatoms. The number of nitrogens with zero attached hydrogens (tertiary/aromatic N) is 2. The van der Waals surface area contributed by atoms with Gasteiger partial charge in [-0.25, -0.2) is 4.98 Å². The highest BCUT2D eigenvalue weighted by molar-refractivity contribution is 5.39. The molecule has 23 heavy (non-hydrogen) atoms. The molecule has 0 atom stereocenters. The smallest absolute Gasteiger partial charge is 0.254 e. The second-order valence-corrected chi connectivity index (χ2v) is 6.39. The number of benzene rings is 1. The molecule has 1 N–H and O–H groups in total. The van der Waals surface area contributed by atoms with Crippen LogP contribution in [0.15, 0.2) is 23.0 Å². The summed E-state index contributed by atoms with van der Waals surface area (Å²) in [5.74, 6) is 1.74. The van der Waals surface area contributed by atoms with Crippen LogP contribution in [0.2, 0.25) is 0 Å². The van der Waals surface area contributed by atoms with Gasteiger partial charge in [-0.1, -0.05) is 12.1 Å². The summed E-state index contributed by atoms with van der Waals surface area (Å²) in [6.45, 7) is 5.39. The highest BCUT2D eigenvalue weighted by Crippen LogP contribution is 2.26. The van der Waals surface area contributed by atoms with E-state index >= 15 is 0 Å². The summed E-state index contributed by atoms with van der Waals surface area (Å²) in [6, 6.07) is 6.49. The summed E-state index contributed by atoms with van der Waals surface area (Å²) in [5.41, 5.74) is 4.49.